The van der Waals surface area contributed by atoms with Gasteiger partial charge in [0.05, 0.1) is 17.6 Å². The maximum absolute atomic E-state index is 12.3. The zero-order chi connectivity index (χ0) is 13.8. The fourth-order valence-electron chi connectivity index (χ4n) is 2.30. The Hall–Kier alpha value is -2.35. The summed E-state index contributed by atoms with van der Waals surface area (Å²) in [4.78, 5) is 25.1. The van der Waals surface area contributed by atoms with E-state index in [-0.39, 0.29) is 17.7 Å². The molecule has 2 rings (SSSR count). The van der Waals surface area contributed by atoms with E-state index in [0.29, 0.717) is 24.2 Å². The van der Waals surface area contributed by atoms with Crippen molar-refractivity contribution in [2.75, 3.05) is 13.1 Å². The number of likely N-dealkylation sites (tertiary alicyclic amines) is 1. The molecule has 98 valence electrons. The minimum atomic E-state index is -0.358. The van der Waals surface area contributed by atoms with Gasteiger partial charge in [0.15, 0.2) is 0 Å². The average molecular weight is 257 g/mol. The number of amides is 2. The molecular weight excluding hydrogens is 242 g/mol. The highest BCUT2D eigenvalue weighted by molar-refractivity contribution is 5.95. The van der Waals surface area contributed by atoms with Crippen LogP contribution in [0.3, 0.4) is 0 Å². The lowest BCUT2D eigenvalue weighted by atomic mass is 9.97. The normalized spacial score (nSPS) is 18.7. The summed E-state index contributed by atoms with van der Waals surface area (Å²) < 4.78 is 0. The number of benzene rings is 1. The predicted molar refractivity (Wildman–Crippen MR) is 69.0 cm³/mol. The molecular formula is C14H15N3O2. The molecule has 1 atom stereocenters. The molecule has 0 saturated carbocycles. The molecule has 1 aromatic rings. The Balaban J connectivity index is 2.15. The fourth-order valence-corrected chi connectivity index (χ4v) is 2.30. The zero-order valence-electron chi connectivity index (χ0n) is 10.5. The van der Waals surface area contributed by atoms with Crippen molar-refractivity contribution in [3.05, 3.63) is 35.4 Å². The average Bonchev–Trinajstić information content (AvgIpc) is 2.46. The number of hydrogen-bond acceptors (Lipinski definition) is 3. The van der Waals surface area contributed by atoms with Gasteiger partial charge in [-0.2, -0.15) is 5.26 Å². The number of primary amides is 1. The summed E-state index contributed by atoms with van der Waals surface area (Å²) in [6.45, 7) is 0.990. The molecule has 19 heavy (non-hydrogen) atoms. The van der Waals surface area contributed by atoms with Crippen LogP contribution in [-0.2, 0) is 4.79 Å². The quantitative estimate of drug-likeness (QED) is 0.853. The molecule has 1 aliphatic heterocycles. The number of nitriles is 1. The van der Waals surface area contributed by atoms with Crippen LogP contribution in [-0.4, -0.2) is 29.8 Å². The van der Waals surface area contributed by atoms with Gasteiger partial charge < -0.3 is 10.6 Å². The Labute approximate surface area is 111 Å². The van der Waals surface area contributed by atoms with E-state index in [2.05, 4.69) is 0 Å². The third-order valence-corrected chi connectivity index (χ3v) is 3.35. The smallest absolute Gasteiger partial charge is 0.253 e. The fraction of sp³-hybridized carbons (Fsp3) is 0.357. The second-order valence-electron chi connectivity index (χ2n) is 4.69. The monoisotopic (exact) mass is 257 g/mol. The first-order valence-corrected chi connectivity index (χ1v) is 6.20. The minimum absolute atomic E-state index is 0.150. The topological polar surface area (TPSA) is 87.2 Å². The lowest BCUT2D eigenvalue weighted by Gasteiger charge is -2.31. The first kappa shape index (κ1) is 13.1. The number of rotatable bonds is 2. The Morgan fingerprint density at radius 2 is 2.21 bits per heavy atom. The molecule has 5 nitrogen and oxygen atoms in total. The van der Waals surface area contributed by atoms with Gasteiger partial charge >= 0.3 is 0 Å². The number of nitrogens with zero attached hydrogens (tertiary/aromatic N) is 2. The van der Waals surface area contributed by atoms with Gasteiger partial charge in [-0.25, -0.2) is 0 Å². The molecule has 2 amide bonds. The standard InChI is InChI=1S/C14H15N3O2/c15-8-10-3-1-4-11(7-10)14(19)17-6-2-5-12(9-17)13(16)18/h1,3-4,7,12H,2,5-6,9H2,(H2,16,18). The van der Waals surface area contributed by atoms with Crippen LogP contribution in [0, 0.1) is 17.2 Å². The number of carbonyl (C=O) groups excluding carboxylic acids is 2. The number of piperidine rings is 1. The van der Waals surface area contributed by atoms with Crippen molar-refractivity contribution < 1.29 is 9.59 Å². The Morgan fingerprint density at radius 3 is 2.89 bits per heavy atom. The van der Waals surface area contributed by atoms with Crippen molar-refractivity contribution in [3.63, 3.8) is 0 Å². The van der Waals surface area contributed by atoms with Gasteiger partial charge in [-0.05, 0) is 31.0 Å². The van der Waals surface area contributed by atoms with E-state index in [1.54, 1.807) is 29.2 Å². The van der Waals surface area contributed by atoms with Crippen molar-refractivity contribution in [3.8, 4) is 6.07 Å². The Morgan fingerprint density at radius 1 is 1.42 bits per heavy atom. The molecule has 0 spiro atoms. The molecule has 0 bridgehead atoms. The zero-order valence-corrected chi connectivity index (χ0v) is 10.5. The summed E-state index contributed by atoms with van der Waals surface area (Å²) in [5.41, 5.74) is 6.22. The summed E-state index contributed by atoms with van der Waals surface area (Å²) in [7, 11) is 0. The molecule has 1 unspecified atom stereocenters. The lowest BCUT2D eigenvalue weighted by molar-refractivity contribution is -0.123. The third-order valence-electron chi connectivity index (χ3n) is 3.35. The molecule has 1 fully saturated rings. The highest BCUT2D eigenvalue weighted by Crippen LogP contribution is 2.18. The van der Waals surface area contributed by atoms with Gasteiger partial charge in [0.25, 0.3) is 5.91 Å². The summed E-state index contributed by atoms with van der Waals surface area (Å²) in [5, 5.41) is 8.83. The molecule has 1 aromatic carbocycles. The van der Waals surface area contributed by atoms with E-state index in [4.69, 9.17) is 11.0 Å². The first-order chi connectivity index (χ1) is 9.11. The van der Waals surface area contributed by atoms with Crippen LogP contribution in [0.2, 0.25) is 0 Å². The van der Waals surface area contributed by atoms with Crippen molar-refractivity contribution >= 4 is 11.8 Å². The largest absolute Gasteiger partial charge is 0.369 e. The van der Waals surface area contributed by atoms with Crippen molar-refractivity contribution in [1.82, 2.24) is 4.90 Å². The van der Waals surface area contributed by atoms with E-state index >= 15 is 0 Å². The predicted octanol–water partition coefficient (Wildman–Crippen LogP) is 0.896. The van der Waals surface area contributed by atoms with Gasteiger partial charge in [0, 0.05) is 18.7 Å². The third kappa shape index (κ3) is 2.91. The molecule has 0 aromatic heterocycles. The SMILES string of the molecule is N#Cc1cccc(C(=O)N2CCCC(C(N)=O)C2)c1. The van der Waals surface area contributed by atoms with Crippen LogP contribution < -0.4 is 5.73 Å². The highest BCUT2D eigenvalue weighted by atomic mass is 16.2. The maximum atomic E-state index is 12.3. The molecule has 0 aliphatic carbocycles. The summed E-state index contributed by atoms with van der Waals surface area (Å²) in [5.74, 6) is -0.775. The molecule has 2 N–H and O–H groups in total. The second kappa shape index (κ2) is 5.53. The molecule has 1 heterocycles. The van der Waals surface area contributed by atoms with Crippen LogP contribution in [0.5, 0.6) is 0 Å². The Kier molecular flexibility index (Phi) is 3.81. The van der Waals surface area contributed by atoms with Gasteiger partial charge in [-0.3, -0.25) is 9.59 Å². The van der Waals surface area contributed by atoms with E-state index in [9.17, 15) is 9.59 Å². The number of hydrogen-bond donors (Lipinski definition) is 1. The van der Waals surface area contributed by atoms with Crippen molar-refractivity contribution in [1.29, 1.82) is 5.26 Å². The summed E-state index contributed by atoms with van der Waals surface area (Å²) >= 11 is 0. The summed E-state index contributed by atoms with van der Waals surface area (Å²) in [6, 6.07) is 8.58. The molecule has 1 saturated heterocycles. The van der Waals surface area contributed by atoms with Gasteiger partial charge in [0.2, 0.25) is 5.91 Å². The lowest BCUT2D eigenvalue weighted by Crippen LogP contribution is -2.44. The minimum Gasteiger partial charge on any atom is -0.369 e. The highest BCUT2D eigenvalue weighted by Gasteiger charge is 2.27. The van der Waals surface area contributed by atoms with E-state index in [1.165, 1.54) is 0 Å². The van der Waals surface area contributed by atoms with Crippen LogP contribution >= 0.6 is 0 Å². The van der Waals surface area contributed by atoms with Crippen LogP contribution in [0.15, 0.2) is 24.3 Å². The summed E-state index contributed by atoms with van der Waals surface area (Å²) in [6.07, 6.45) is 1.51. The van der Waals surface area contributed by atoms with Crippen molar-refractivity contribution in [2.24, 2.45) is 11.7 Å². The van der Waals surface area contributed by atoms with Crippen molar-refractivity contribution in [2.45, 2.75) is 12.8 Å². The molecule has 1 aliphatic rings. The van der Waals surface area contributed by atoms with Gasteiger partial charge in [0.1, 0.15) is 0 Å². The number of nitrogens with two attached hydrogens (primary N) is 1. The van der Waals surface area contributed by atoms with E-state index < -0.39 is 0 Å². The van der Waals surface area contributed by atoms with Crippen LogP contribution in [0.1, 0.15) is 28.8 Å². The van der Waals surface area contributed by atoms with Crippen LogP contribution in [0.4, 0.5) is 0 Å². The second-order valence-corrected chi connectivity index (χ2v) is 4.69. The first-order valence-electron chi connectivity index (χ1n) is 6.20. The molecule has 5 heteroatoms. The van der Waals surface area contributed by atoms with Gasteiger partial charge in [-0.15, -0.1) is 0 Å². The maximum Gasteiger partial charge on any atom is 0.253 e. The van der Waals surface area contributed by atoms with E-state index in [1.807, 2.05) is 6.07 Å². The van der Waals surface area contributed by atoms with E-state index in [0.717, 1.165) is 12.8 Å². The number of carbonyl (C=O) groups is 2. The molecule has 0 radical (unpaired) electrons. The Bertz CT molecular complexity index is 548. The van der Waals surface area contributed by atoms with Gasteiger partial charge in [-0.1, -0.05) is 6.07 Å². The van der Waals surface area contributed by atoms with Crippen LogP contribution in [0.25, 0.3) is 0 Å².